The largest absolute Gasteiger partial charge is 0.468 e. The first-order valence-electron chi connectivity index (χ1n) is 6.76. The number of rotatable bonds is 6. The molecule has 21 heavy (non-hydrogen) atoms. The molecule has 0 aliphatic rings. The molecular formula is C17H19NO2S. The number of para-hydroxylation sites is 1. The second-order valence-corrected chi connectivity index (χ2v) is 5.42. The monoisotopic (exact) mass is 301 g/mol. The van der Waals surface area contributed by atoms with Gasteiger partial charge in [0.1, 0.15) is 0 Å². The van der Waals surface area contributed by atoms with Crippen LogP contribution in [0.25, 0.3) is 0 Å². The number of carbonyl (C=O) groups is 1. The maximum atomic E-state index is 12.0. The van der Waals surface area contributed by atoms with E-state index in [0.717, 1.165) is 16.1 Å². The number of benzene rings is 2. The predicted molar refractivity (Wildman–Crippen MR) is 87.9 cm³/mol. The molecule has 2 rings (SSSR count). The molecule has 0 radical (unpaired) electrons. The van der Waals surface area contributed by atoms with Gasteiger partial charge in [0.25, 0.3) is 0 Å². The van der Waals surface area contributed by atoms with E-state index in [0.29, 0.717) is 6.54 Å². The average Bonchev–Trinajstić information content (AvgIpc) is 2.56. The lowest BCUT2D eigenvalue weighted by atomic mass is 9.99. The highest BCUT2D eigenvalue weighted by molar-refractivity contribution is 7.98. The van der Waals surface area contributed by atoms with Gasteiger partial charge >= 0.3 is 5.97 Å². The molecule has 4 heteroatoms. The molecule has 0 amide bonds. The molecule has 1 unspecified atom stereocenters. The highest BCUT2D eigenvalue weighted by atomic mass is 32.2. The summed E-state index contributed by atoms with van der Waals surface area (Å²) in [6.07, 6.45) is 2.04. The molecule has 0 aliphatic heterocycles. The van der Waals surface area contributed by atoms with Crippen LogP contribution in [0.2, 0.25) is 0 Å². The Labute approximate surface area is 129 Å². The molecule has 2 aromatic rings. The van der Waals surface area contributed by atoms with E-state index in [1.807, 2.05) is 54.8 Å². The second kappa shape index (κ2) is 7.74. The van der Waals surface area contributed by atoms with E-state index in [-0.39, 0.29) is 11.9 Å². The van der Waals surface area contributed by atoms with Gasteiger partial charge in [0.2, 0.25) is 0 Å². The van der Waals surface area contributed by atoms with Crippen molar-refractivity contribution in [2.24, 2.45) is 0 Å². The van der Waals surface area contributed by atoms with Crippen molar-refractivity contribution < 1.29 is 9.53 Å². The van der Waals surface area contributed by atoms with Gasteiger partial charge in [0, 0.05) is 17.1 Å². The van der Waals surface area contributed by atoms with Crippen LogP contribution in [-0.4, -0.2) is 25.9 Å². The highest BCUT2D eigenvalue weighted by Gasteiger charge is 2.21. The molecule has 3 nitrogen and oxygen atoms in total. The fraction of sp³-hybridized carbons (Fsp3) is 0.235. The Hall–Kier alpha value is -1.94. The first kappa shape index (κ1) is 15.4. The van der Waals surface area contributed by atoms with Gasteiger partial charge in [-0.15, -0.1) is 11.8 Å². The van der Waals surface area contributed by atoms with Gasteiger partial charge in [-0.25, -0.2) is 0 Å². The summed E-state index contributed by atoms with van der Waals surface area (Å²) < 4.78 is 4.93. The number of carbonyl (C=O) groups excluding carboxylic acids is 1. The van der Waals surface area contributed by atoms with Gasteiger partial charge in [-0.2, -0.15) is 0 Å². The first-order valence-corrected chi connectivity index (χ1v) is 7.98. The quantitative estimate of drug-likeness (QED) is 0.651. The highest BCUT2D eigenvalue weighted by Crippen LogP contribution is 2.26. The van der Waals surface area contributed by atoms with Crippen LogP contribution in [0.1, 0.15) is 11.5 Å². The van der Waals surface area contributed by atoms with Crippen molar-refractivity contribution in [2.45, 2.75) is 10.8 Å². The van der Waals surface area contributed by atoms with Crippen molar-refractivity contribution in [3.63, 3.8) is 0 Å². The lowest BCUT2D eigenvalue weighted by Crippen LogP contribution is -2.22. The molecular weight excluding hydrogens is 282 g/mol. The Morgan fingerprint density at radius 2 is 1.81 bits per heavy atom. The predicted octanol–water partition coefficient (Wildman–Crippen LogP) is 3.78. The van der Waals surface area contributed by atoms with Gasteiger partial charge in [-0.3, -0.25) is 4.79 Å². The van der Waals surface area contributed by atoms with Crippen LogP contribution in [0.5, 0.6) is 0 Å². The van der Waals surface area contributed by atoms with Crippen LogP contribution < -0.4 is 5.32 Å². The number of methoxy groups -OCH3 is 1. The standard InChI is InChI=1S/C17H19NO2S/c1-20-17(19)14(13-8-4-3-5-9-13)12-18-15-10-6-7-11-16(15)21-2/h3-11,14,18H,12H2,1-2H3. The van der Waals surface area contributed by atoms with Gasteiger partial charge < -0.3 is 10.1 Å². The molecule has 0 aromatic heterocycles. The molecule has 0 bridgehead atoms. The molecule has 0 aliphatic carbocycles. The number of ether oxygens (including phenoxy) is 1. The number of nitrogens with one attached hydrogen (secondary N) is 1. The lowest BCUT2D eigenvalue weighted by molar-refractivity contribution is -0.142. The van der Waals surface area contributed by atoms with E-state index in [2.05, 4.69) is 11.4 Å². The topological polar surface area (TPSA) is 38.3 Å². The molecule has 0 heterocycles. The summed E-state index contributed by atoms with van der Waals surface area (Å²) in [6.45, 7) is 0.508. The second-order valence-electron chi connectivity index (χ2n) is 4.57. The summed E-state index contributed by atoms with van der Waals surface area (Å²) in [6, 6.07) is 17.8. The van der Waals surface area contributed by atoms with Crippen LogP contribution in [0.3, 0.4) is 0 Å². The lowest BCUT2D eigenvalue weighted by Gasteiger charge is -2.17. The maximum absolute atomic E-state index is 12.0. The Kier molecular flexibility index (Phi) is 5.69. The number of hydrogen-bond acceptors (Lipinski definition) is 4. The third kappa shape index (κ3) is 4.02. The van der Waals surface area contributed by atoms with E-state index in [9.17, 15) is 4.79 Å². The minimum absolute atomic E-state index is 0.227. The summed E-state index contributed by atoms with van der Waals surface area (Å²) >= 11 is 1.68. The van der Waals surface area contributed by atoms with Crippen LogP contribution >= 0.6 is 11.8 Å². The van der Waals surface area contributed by atoms with E-state index < -0.39 is 0 Å². The summed E-state index contributed by atoms with van der Waals surface area (Å²) in [5.41, 5.74) is 1.99. The Balaban J connectivity index is 2.15. The summed E-state index contributed by atoms with van der Waals surface area (Å²) in [5, 5.41) is 3.36. The smallest absolute Gasteiger partial charge is 0.314 e. The third-order valence-electron chi connectivity index (χ3n) is 3.29. The van der Waals surface area contributed by atoms with Crippen molar-refractivity contribution in [2.75, 3.05) is 25.2 Å². The van der Waals surface area contributed by atoms with Crippen molar-refractivity contribution in [3.05, 3.63) is 60.2 Å². The van der Waals surface area contributed by atoms with Crippen molar-refractivity contribution >= 4 is 23.4 Å². The third-order valence-corrected chi connectivity index (χ3v) is 4.09. The van der Waals surface area contributed by atoms with Gasteiger partial charge in [0.05, 0.1) is 13.0 Å². The summed E-state index contributed by atoms with van der Waals surface area (Å²) in [7, 11) is 1.42. The van der Waals surface area contributed by atoms with Crippen LogP contribution in [0, 0.1) is 0 Å². The average molecular weight is 301 g/mol. The first-order chi connectivity index (χ1) is 10.3. The van der Waals surface area contributed by atoms with E-state index >= 15 is 0 Å². The number of hydrogen-bond donors (Lipinski definition) is 1. The van der Waals surface area contributed by atoms with Crippen molar-refractivity contribution in [1.82, 2.24) is 0 Å². The van der Waals surface area contributed by atoms with Crippen molar-refractivity contribution in [3.8, 4) is 0 Å². The Morgan fingerprint density at radius 3 is 2.48 bits per heavy atom. The molecule has 0 fully saturated rings. The zero-order valence-electron chi connectivity index (χ0n) is 12.2. The van der Waals surface area contributed by atoms with Gasteiger partial charge in [-0.1, -0.05) is 42.5 Å². The molecule has 110 valence electrons. The number of thioether (sulfide) groups is 1. The van der Waals surface area contributed by atoms with Gasteiger partial charge in [0.15, 0.2) is 0 Å². The minimum Gasteiger partial charge on any atom is -0.468 e. The van der Waals surface area contributed by atoms with Gasteiger partial charge in [-0.05, 0) is 24.0 Å². The Bertz CT molecular complexity index is 586. The molecule has 0 saturated heterocycles. The SMILES string of the molecule is COC(=O)C(CNc1ccccc1SC)c1ccccc1. The van der Waals surface area contributed by atoms with Crippen LogP contribution in [0.4, 0.5) is 5.69 Å². The zero-order valence-corrected chi connectivity index (χ0v) is 13.0. The normalized spacial score (nSPS) is 11.7. The van der Waals surface area contributed by atoms with Crippen LogP contribution in [-0.2, 0) is 9.53 Å². The summed E-state index contributed by atoms with van der Waals surface area (Å²) in [5.74, 6) is -0.540. The fourth-order valence-corrected chi connectivity index (χ4v) is 2.74. The van der Waals surface area contributed by atoms with E-state index in [1.165, 1.54) is 7.11 Å². The Morgan fingerprint density at radius 1 is 1.14 bits per heavy atom. The molecule has 2 aromatic carbocycles. The molecule has 0 spiro atoms. The van der Waals surface area contributed by atoms with Crippen molar-refractivity contribution in [1.29, 1.82) is 0 Å². The van der Waals surface area contributed by atoms with Crippen LogP contribution in [0.15, 0.2) is 59.5 Å². The minimum atomic E-state index is -0.314. The van der Waals surface area contributed by atoms with E-state index in [4.69, 9.17) is 4.74 Å². The maximum Gasteiger partial charge on any atom is 0.314 e. The fourth-order valence-electron chi connectivity index (χ4n) is 2.17. The summed E-state index contributed by atoms with van der Waals surface area (Å²) in [4.78, 5) is 13.2. The molecule has 1 atom stereocenters. The number of esters is 1. The number of anilines is 1. The zero-order chi connectivity index (χ0) is 15.1. The molecule has 0 saturated carbocycles. The van der Waals surface area contributed by atoms with E-state index in [1.54, 1.807) is 11.8 Å². The molecule has 1 N–H and O–H groups in total.